The summed E-state index contributed by atoms with van der Waals surface area (Å²) in [5.41, 5.74) is 0.280. The topological polar surface area (TPSA) is 133 Å². The van der Waals surface area contributed by atoms with Gasteiger partial charge >= 0.3 is 6.09 Å². The van der Waals surface area contributed by atoms with Crippen LogP contribution in [0.4, 0.5) is 9.93 Å². The van der Waals surface area contributed by atoms with Crippen molar-refractivity contribution in [2.24, 2.45) is 0 Å². The maximum Gasteiger partial charge on any atom is 0.407 e. The number of amides is 2. The van der Waals surface area contributed by atoms with Crippen molar-refractivity contribution >= 4 is 40.2 Å². The van der Waals surface area contributed by atoms with Gasteiger partial charge in [-0.2, -0.15) is 0 Å². The number of ether oxygens (including phenoxy) is 2. The Morgan fingerprint density at radius 3 is 2.79 bits per heavy atom. The van der Waals surface area contributed by atoms with E-state index in [4.69, 9.17) is 9.47 Å². The lowest BCUT2D eigenvalue weighted by Crippen LogP contribution is -2.34. The molecule has 3 rings (SSSR count). The maximum absolute atomic E-state index is 11.8. The van der Waals surface area contributed by atoms with Gasteiger partial charge in [0.15, 0.2) is 4.34 Å². The van der Waals surface area contributed by atoms with Crippen molar-refractivity contribution < 1.29 is 19.1 Å². The first kappa shape index (κ1) is 24.5. The average molecular weight is 492 g/mol. The molecule has 33 heavy (non-hydrogen) atoms. The van der Waals surface area contributed by atoms with Gasteiger partial charge in [0, 0.05) is 42.9 Å². The smallest absolute Gasteiger partial charge is 0.407 e. The Balaban J connectivity index is 1.64. The molecule has 176 valence electrons. The Kier molecular flexibility index (Phi) is 8.22. The molecule has 3 aromatic rings. The van der Waals surface area contributed by atoms with Gasteiger partial charge in [0.05, 0.1) is 6.54 Å². The molecule has 0 aliphatic carbocycles. The number of aromatic nitrogens is 5. The zero-order valence-electron chi connectivity index (χ0n) is 18.7. The quantitative estimate of drug-likeness (QED) is 0.263. The number of thioether (sulfide) groups is 1. The number of carbonyl (C=O) groups excluding carboxylic acids is 2. The fourth-order valence-electron chi connectivity index (χ4n) is 2.47. The first-order chi connectivity index (χ1) is 15.7. The second-order valence-corrected chi connectivity index (χ2v) is 9.94. The van der Waals surface area contributed by atoms with Crippen LogP contribution in [0.1, 0.15) is 33.3 Å². The van der Waals surface area contributed by atoms with E-state index < -0.39 is 11.7 Å². The van der Waals surface area contributed by atoms with Gasteiger partial charge < -0.3 is 20.1 Å². The van der Waals surface area contributed by atoms with Crippen LogP contribution in [0.25, 0.3) is 5.82 Å². The molecule has 0 bridgehead atoms. The molecule has 0 saturated heterocycles. The summed E-state index contributed by atoms with van der Waals surface area (Å²) in [5, 5.41) is 13.8. The van der Waals surface area contributed by atoms with Gasteiger partial charge in [-0.15, -0.1) is 10.2 Å². The second-order valence-electron chi connectivity index (χ2n) is 7.74. The standard InChI is InChI=1S/C20H25N7O4S2/c1-13(28)24-17-25-26-19(33-17)32-11-14-10-23-16(27-7-5-21-12-27)9-15(14)30-8-6-22-18(29)31-20(2,3)4/h5,7,9-10,12H,6,8,11H2,1-4H3,(H,22,29)(H,24,25,28). The summed E-state index contributed by atoms with van der Waals surface area (Å²) in [6.07, 6.45) is 6.33. The molecule has 0 aliphatic rings. The molecule has 0 radical (unpaired) electrons. The molecule has 2 amide bonds. The number of imidazole rings is 1. The van der Waals surface area contributed by atoms with E-state index in [1.165, 1.54) is 30.0 Å². The fraction of sp³-hybridized carbons (Fsp3) is 0.400. The molecule has 0 atom stereocenters. The van der Waals surface area contributed by atoms with E-state index in [0.717, 1.165) is 5.56 Å². The maximum atomic E-state index is 11.8. The summed E-state index contributed by atoms with van der Waals surface area (Å²) in [4.78, 5) is 31.5. The van der Waals surface area contributed by atoms with Crippen molar-refractivity contribution in [3.63, 3.8) is 0 Å². The zero-order valence-corrected chi connectivity index (χ0v) is 20.3. The van der Waals surface area contributed by atoms with Crippen LogP contribution in [-0.4, -0.2) is 55.5 Å². The van der Waals surface area contributed by atoms with Gasteiger partial charge in [-0.25, -0.2) is 14.8 Å². The van der Waals surface area contributed by atoms with Crippen LogP contribution in [0.2, 0.25) is 0 Å². The first-order valence-electron chi connectivity index (χ1n) is 10.0. The van der Waals surface area contributed by atoms with Crippen LogP contribution in [0, 0.1) is 0 Å². The number of pyridine rings is 1. The van der Waals surface area contributed by atoms with E-state index in [-0.39, 0.29) is 19.1 Å². The molecule has 0 aromatic carbocycles. The van der Waals surface area contributed by atoms with Gasteiger partial charge in [-0.1, -0.05) is 23.1 Å². The van der Waals surface area contributed by atoms with E-state index >= 15 is 0 Å². The molecular weight excluding hydrogens is 466 g/mol. The van der Waals surface area contributed by atoms with E-state index in [0.29, 0.717) is 26.8 Å². The highest BCUT2D eigenvalue weighted by molar-refractivity contribution is 8.00. The molecular formula is C20H25N7O4S2. The Bertz CT molecular complexity index is 1080. The number of hydrogen-bond acceptors (Lipinski definition) is 10. The van der Waals surface area contributed by atoms with E-state index in [2.05, 4.69) is 30.8 Å². The molecule has 3 aromatic heterocycles. The monoisotopic (exact) mass is 491 g/mol. The summed E-state index contributed by atoms with van der Waals surface area (Å²) in [5.74, 6) is 1.61. The molecule has 3 heterocycles. The summed E-state index contributed by atoms with van der Waals surface area (Å²) in [6.45, 7) is 7.36. The van der Waals surface area contributed by atoms with Crippen LogP contribution in [0.5, 0.6) is 5.75 Å². The second kappa shape index (κ2) is 11.1. The summed E-state index contributed by atoms with van der Waals surface area (Å²) >= 11 is 2.74. The normalized spacial score (nSPS) is 11.2. The van der Waals surface area contributed by atoms with E-state index in [1.54, 1.807) is 50.3 Å². The van der Waals surface area contributed by atoms with Crippen LogP contribution >= 0.6 is 23.1 Å². The number of hydrogen-bond donors (Lipinski definition) is 2. The molecule has 2 N–H and O–H groups in total. The SMILES string of the molecule is CC(=O)Nc1nnc(SCc2cnc(-n3ccnc3)cc2OCCNC(=O)OC(C)(C)C)s1. The molecule has 0 fully saturated rings. The lowest BCUT2D eigenvalue weighted by Gasteiger charge is -2.19. The van der Waals surface area contributed by atoms with Crippen molar-refractivity contribution in [1.29, 1.82) is 0 Å². The van der Waals surface area contributed by atoms with Crippen LogP contribution < -0.4 is 15.4 Å². The van der Waals surface area contributed by atoms with Gasteiger partial charge in [0.2, 0.25) is 11.0 Å². The van der Waals surface area contributed by atoms with Crippen molar-refractivity contribution in [3.8, 4) is 11.6 Å². The summed E-state index contributed by atoms with van der Waals surface area (Å²) in [6, 6.07) is 1.81. The predicted octanol–water partition coefficient (Wildman–Crippen LogP) is 3.27. The number of nitrogens with one attached hydrogen (secondary N) is 2. The van der Waals surface area contributed by atoms with Crippen molar-refractivity contribution in [1.82, 2.24) is 30.0 Å². The highest BCUT2D eigenvalue weighted by atomic mass is 32.2. The fourth-order valence-corrected chi connectivity index (χ4v) is 4.24. The van der Waals surface area contributed by atoms with E-state index in [1.807, 2.05) is 6.07 Å². The first-order valence-corrected chi connectivity index (χ1v) is 11.8. The van der Waals surface area contributed by atoms with Gasteiger partial charge in [-0.05, 0) is 20.8 Å². The molecule has 13 heteroatoms. The minimum atomic E-state index is -0.565. The van der Waals surface area contributed by atoms with Crippen LogP contribution in [-0.2, 0) is 15.3 Å². The minimum absolute atomic E-state index is 0.197. The van der Waals surface area contributed by atoms with Gasteiger partial charge in [0.1, 0.15) is 30.1 Å². The van der Waals surface area contributed by atoms with Gasteiger partial charge in [-0.3, -0.25) is 9.36 Å². The number of rotatable bonds is 9. The van der Waals surface area contributed by atoms with Crippen LogP contribution in [0.3, 0.4) is 0 Å². The number of nitrogens with zero attached hydrogens (tertiary/aromatic N) is 5. The Hall–Kier alpha value is -3.19. The average Bonchev–Trinajstić information content (AvgIpc) is 3.40. The largest absolute Gasteiger partial charge is 0.491 e. The van der Waals surface area contributed by atoms with Crippen molar-refractivity contribution in [2.45, 2.75) is 43.4 Å². The predicted molar refractivity (Wildman–Crippen MR) is 125 cm³/mol. The van der Waals surface area contributed by atoms with Crippen LogP contribution in [0.15, 0.2) is 35.3 Å². The van der Waals surface area contributed by atoms with E-state index in [9.17, 15) is 9.59 Å². The lowest BCUT2D eigenvalue weighted by molar-refractivity contribution is -0.114. The number of anilines is 1. The number of alkyl carbamates (subject to hydrolysis) is 1. The highest BCUT2D eigenvalue weighted by Crippen LogP contribution is 2.31. The third-order valence-corrected chi connectivity index (χ3v) is 5.79. The molecule has 0 saturated carbocycles. The zero-order chi connectivity index (χ0) is 23.8. The molecule has 11 nitrogen and oxygen atoms in total. The Labute approximate surface area is 199 Å². The molecule has 0 unspecified atom stereocenters. The molecule has 0 aliphatic heterocycles. The minimum Gasteiger partial charge on any atom is -0.491 e. The molecule has 0 spiro atoms. The Morgan fingerprint density at radius 2 is 2.09 bits per heavy atom. The third kappa shape index (κ3) is 8.02. The van der Waals surface area contributed by atoms with Crippen molar-refractivity contribution in [3.05, 3.63) is 36.5 Å². The summed E-state index contributed by atoms with van der Waals surface area (Å²) in [7, 11) is 0. The van der Waals surface area contributed by atoms with Gasteiger partial charge in [0.25, 0.3) is 0 Å². The van der Waals surface area contributed by atoms with Crippen molar-refractivity contribution in [2.75, 3.05) is 18.5 Å². The summed E-state index contributed by atoms with van der Waals surface area (Å²) < 4.78 is 13.7. The third-order valence-electron chi connectivity index (χ3n) is 3.77. The Morgan fingerprint density at radius 1 is 1.27 bits per heavy atom. The highest BCUT2D eigenvalue weighted by Gasteiger charge is 2.16. The lowest BCUT2D eigenvalue weighted by atomic mass is 10.2. The number of carbonyl (C=O) groups is 2.